The van der Waals surface area contributed by atoms with E-state index in [0.29, 0.717) is 0 Å². The molecule has 1 heterocycles. The van der Waals surface area contributed by atoms with Crippen LogP contribution in [-0.4, -0.2) is 64.4 Å². The lowest BCUT2D eigenvalue weighted by molar-refractivity contribution is -0.242. The summed E-state index contributed by atoms with van der Waals surface area (Å²) in [5.41, 5.74) is -0.813. The maximum Gasteiger partial charge on any atom is 0.217 e. The van der Waals surface area contributed by atoms with Crippen molar-refractivity contribution in [1.29, 1.82) is 0 Å². The number of nitrogens with one attached hydrogen (secondary N) is 2. The molecule has 4 N–H and O–H groups in total. The topological polar surface area (TPSA) is 100 Å². The largest absolute Gasteiger partial charge is 0.394 e. The molecule has 7 nitrogen and oxygen atoms in total. The second-order valence-corrected chi connectivity index (χ2v) is 8.08. The maximum atomic E-state index is 11.5. The third-order valence-electron chi connectivity index (χ3n) is 3.33. The van der Waals surface area contributed by atoms with Gasteiger partial charge in [-0.3, -0.25) is 10.1 Å². The highest BCUT2D eigenvalue weighted by atomic mass is 16.6. The molecule has 0 spiro atoms. The number of carbonyl (C=O) groups excluding carboxylic acids is 1. The van der Waals surface area contributed by atoms with Gasteiger partial charge in [0.2, 0.25) is 5.91 Å². The molecule has 5 unspecified atom stereocenters. The van der Waals surface area contributed by atoms with Crippen LogP contribution in [0.3, 0.4) is 0 Å². The average Bonchev–Trinajstić information content (AvgIpc) is 2.33. The zero-order chi connectivity index (χ0) is 18.0. The lowest BCUT2D eigenvalue weighted by Crippen LogP contribution is -2.70. The van der Waals surface area contributed by atoms with Gasteiger partial charge < -0.3 is 25.0 Å². The van der Waals surface area contributed by atoms with Crippen molar-refractivity contribution in [3.63, 3.8) is 0 Å². The first-order chi connectivity index (χ1) is 10.3. The predicted octanol–water partition coefficient (Wildman–Crippen LogP) is 0.141. The standard InChI is InChI=1S/C16H32N2O5/c1-9(20)17-11-12(21)13(23-16(5,6)7)10(8-19)22-14(11)18-15(2,3)4/h10-14,18-19,21H,8H2,1-7H3,(H,17,20). The predicted molar refractivity (Wildman–Crippen MR) is 86.9 cm³/mol. The monoisotopic (exact) mass is 332 g/mol. The van der Waals surface area contributed by atoms with E-state index in [1.165, 1.54) is 6.92 Å². The third-order valence-corrected chi connectivity index (χ3v) is 3.33. The van der Waals surface area contributed by atoms with Gasteiger partial charge in [-0.2, -0.15) is 0 Å². The van der Waals surface area contributed by atoms with Gasteiger partial charge in [-0.15, -0.1) is 0 Å². The van der Waals surface area contributed by atoms with Crippen LogP contribution in [0.1, 0.15) is 48.5 Å². The van der Waals surface area contributed by atoms with Gasteiger partial charge in [0.25, 0.3) is 0 Å². The van der Waals surface area contributed by atoms with Gasteiger partial charge in [0.15, 0.2) is 0 Å². The Morgan fingerprint density at radius 2 is 1.78 bits per heavy atom. The van der Waals surface area contributed by atoms with Gasteiger partial charge in [0, 0.05) is 12.5 Å². The van der Waals surface area contributed by atoms with Crippen LogP contribution in [0.4, 0.5) is 0 Å². The summed E-state index contributed by atoms with van der Waals surface area (Å²) >= 11 is 0. The summed E-state index contributed by atoms with van der Waals surface area (Å²) in [6.07, 6.45) is -3.07. The molecule has 0 saturated carbocycles. The maximum absolute atomic E-state index is 11.5. The van der Waals surface area contributed by atoms with Crippen molar-refractivity contribution >= 4 is 5.91 Å². The fourth-order valence-electron chi connectivity index (χ4n) is 2.60. The third kappa shape index (κ3) is 6.35. The highest BCUT2D eigenvalue weighted by Gasteiger charge is 2.48. The van der Waals surface area contributed by atoms with Crippen LogP contribution in [0.15, 0.2) is 0 Å². The summed E-state index contributed by atoms with van der Waals surface area (Å²) < 4.78 is 11.8. The highest BCUT2D eigenvalue weighted by Crippen LogP contribution is 2.27. The zero-order valence-electron chi connectivity index (χ0n) is 15.2. The molecule has 0 aromatic carbocycles. The molecule has 0 bridgehead atoms. The molecule has 0 aliphatic carbocycles. The number of hydrogen-bond donors (Lipinski definition) is 4. The van der Waals surface area contributed by atoms with Crippen LogP contribution < -0.4 is 10.6 Å². The van der Waals surface area contributed by atoms with Crippen LogP contribution in [0.2, 0.25) is 0 Å². The van der Waals surface area contributed by atoms with Gasteiger partial charge in [0.1, 0.15) is 24.5 Å². The molecule has 1 aliphatic heterocycles. The van der Waals surface area contributed by atoms with Crippen LogP contribution in [0.25, 0.3) is 0 Å². The van der Waals surface area contributed by atoms with E-state index in [1.54, 1.807) is 0 Å². The second-order valence-electron chi connectivity index (χ2n) is 8.08. The van der Waals surface area contributed by atoms with E-state index >= 15 is 0 Å². The van der Waals surface area contributed by atoms with Gasteiger partial charge in [-0.05, 0) is 41.5 Å². The lowest BCUT2D eigenvalue weighted by Gasteiger charge is -2.47. The Bertz CT molecular complexity index is 402. The number of hydrogen-bond acceptors (Lipinski definition) is 6. The smallest absolute Gasteiger partial charge is 0.217 e. The Morgan fingerprint density at radius 3 is 2.17 bits per heavy atom. The summed E-state index contributed by atoms with van der Waals surface area (Å²) in [5, 5.41) is 26.3. The SMILES string of the molecule is CC(=O)NC1C(NC(C)(C)C)OC(CO)C(OC(C)(C)C)C1O. The van der Waals surface area contributed by atoms with Gasteiger partial charge in [0.05, 0.1) is 18.2 Å². The van der Waals surface area contributed by atoms with Crippen molar-refractivity contribution in [2.75, 3.05) is 6.61 Å². The summed E-state index contributed by atoms with van der Waals surface area (Å²) in [6.45, 7) is 12.6. The summed E-state index contributed by atoms with van der Waals surface area (Å²) in [7, 11) is 0. The number of aliphatic hydroxyl groups is 2. The van der Waals surface area contributed by atoms with Crippen molar-refractivity contribution in [3.8, 4) is 0 Å². The van der Waals surface area contributed by atoms with Crippen molar-refractivity contribution in [1.82, 2.24) is 10.6 Å². The molecule has 7 heteroatoms. The molecule has 0 radical (unpaired) electrons. The molecule has 136 valence electrons. The van der Waals surface area contributed by atoms with Crippen molar-refractivity contribution in [2.24, 2.45) is 0 Å². The number of ether oxygens (including phenoxy) is 2. The van der Waals surface area contributed by atoms with E-state index in [2.05, 4.69) is 10.6 Å². The molecule has 1 aliphatic rings. The fourth-order valence-corrected chi connectivity index (χ4v) is 2.60. The van der Waals surface area contributed by atoms with E-state index in [9.17, 15) is 15.0 Å². The van der Waals surface area contributed by atoms with Crippen molar-refractivity contribution < 1.29 is 24.5 Å². The second kappa shape index (κ2) is 7.44. The van der Waals surface area contributed by atoms with Crippen LogP contribution >= 0.6 is 0 Å². The van der Waals surface area contributed by atoms with Gasteiger partial charge in [-0.25, -0.2) is 0 Å². The number of aliphatic hydroxyl groups excluding tert-OH is 2. The number of rotatable bonds is 4. The minimum atomic E-state index is -1.01. The number of amides is 1. The average molecular weight is 332 g/mol. The summed E-state index contributed by atoms with van der Waals surface area (Å²) in [5.74, 6) is -0.268. The van der Waals surface area contributed by atoms with Crippen molar-refractivity contribution in [2.45, 2.75) is 90.2 Å². The fraction of sp³-hybridized carbons (Fsp3) is 0.938. The molecule has 1 saturated heterocycles. The van der Waals surface area contributed by atoms with E-state index in [4.69, 9.17) is 9.47 Å². The molecule has 1 rings (SSSR count). The first-order valence-electron chi connectivity index (χ1n) is 8.01. The Kier molecular flexibility index (Phi) is 6.57. The van der Waals surface area contributed by atoms with Gasteiger partial charge in [-0.1, -0.05) is 0 Å². The summed E-state index contributed by atoms with van der Waals surface area (Å²) in [6, 6.07) is -0.679. The first-order valence-corrected chi connectivity index (χ1v) is 8.01. The van der Waals surface area contributed by atoms with Crippen molar-refractivity contribution in [3.05, 3.63) is 0 Å². The quantitative estimate of drug-likeness (QED) is 0.584. The highest BCUT2D eigenvalue weighted by molar-refractivity contribution is 5.73. The molecule has 5 atom stereocenters. The van der Waals surface area contributed by atoms with E-state index in [1.807, 2.05) is 41.5 Å². The molecule has 1 amide bonds. The van der Waals surface area contributed by atoms with Gasteiger partial charge >= 0.3 is 0 Å². The molecular weight excluding hydrogens is 300 g/mol. The molecular formula is C16H32N2O5. The Balaban J connectivity index is 3.05. The molecule has 0 aromatic heterocycles. The van der Waals surface area contributed by atoms with E-state index in [0.717, 1.165) is 0 Å². The molecule has 1 fully saturated rings. The van der Waals surface area contributed by atoms with E-state index < -0.39 is 36.2 Å². The Morgan fingerprint density at radius 1 is 1.22 bits per heavy atom. The minimum absolute atomic E-state index is 0.268. The van der Waals surface area contributed by atoms with Crippen LogP contribution in [-0.2, 0) is 14.3 Å². The van der Waals surface area contributed by atoms with Crippen LogP contribution in [0, 0.1) is 0 Å². The Labute approximate surface area is 138 Å². The summed E-state index contributed by atoms with van der Waals surface area (Å²) in [4.78, 5) is 11.5. The minimum Gasteiger partial charge on any atom is -0.394 e. The lowest BCUT2D eigenvalue weighted by atomic mass is 9.93. The zero-order valence-corrected chi connectivity index (χ0v) is 15.2. The molecule has 23 heavy (non-hydrogen) atoms. The Hall–Kier alpha value is -0.730. The number of carbonyl (C=O) groups is 1. The first kappa shape index (κ1) is 20.3. The van der Waals surface area contributed by atoms with E-state index in [-0.39, 0.29) is 18.1 Å². The molecule has 0 aromatic rings. The van der Waals surface area contributed by atoms with Crippen LogP contribution in [0.5, 0.6) is 0 Å². The normalized spacial score (nSPS) is 32.7.